The van der Waals surface area contributed by atoms with Gasteiger partial charge in [-0.2, -0.15) is 4.98 Å². The number of halogens is 1. The van der Waals surface area contributed by atoms with Gasteiger partial charge >= 0.3 is 0 Å². The first-order valence-electron chi connectivity index (χ1n) is 7.07. The Bertz CT molecular complexity index is 643. The van der Waals surface area contributed by atoms with Gasteiger partial charge in [-0.15, -0.1) is 0 Å². The Kier molecular flexibility index (Phi) is 5.60. The van der Waals surface area contributed by atoms with Crippen LogP contribution in [0.2, 0.25) is 0 Å². The number of nitrogens with zero attached hydrogens (tertiary/aromatic N) is 2. The number of aliphatic hydroxyl groups excluding tert-OH is 1. The Morgan fingerprint density at radius 2 is 2.27 bits per heavy atom. The Hall–Kier alpha value is -2.28. The zero-order valence-corrected chi connectivity index (χ0v) is 12.3. The fourth-order valence-corrected chi connectivity index (χ4v) is 1.87. The second-order valence-corrected chi connectivity index (χ2v) is 4.90. The molecule has 0 saturated carbocycles. The van der Waals surface area contributed by atoms with Gasteiger partial charge in [0.15, 0.2) is 0 Å². The largest absolute Gasteiger partial charge is 0.396 e. The lowest BCUT2D eigenvalue weighted by Crippen LogP contribution is -2.25. The van der Waals surface area contributed by atoms with Crippen molar-refractivity contribution in [2.75, 3.05) is 13.2 Å². The summed E-state index contributed by atoms with van der Waals surface area (Å²) >= 11 is 0. The molecule has 0 aliphatic rings. The first-order valence-corrected chi connectivity index (χ1v) is 7.07. The van der Waals surface area contributed by atoms with Crippen molar-refractivity contribution in [3.63, 3.8) is 0 Å². The van der Waals surface area contributed by atoms with Gasteiger partial charge in [-0.25, -0.2) is 4.39 Å². The van der Waals surface area contributed by atoms with Gasteiger partial charge in [0, 0.05) is 31.6 Å². The molecule has 0 aliphatic heterocycles. The molecule has 0 unspecified atom stereocenters. The fourth-order valence-electron chi connectivity index (χ4n) is 1.87. The molecule has 0 radical (unpaired) electrons. The van der Waals surface area contributed by atoms with Crippen molar-refractivity contribution in [1.29, 1.82) is 0 Å². The Balaban J connectivity index is 1.91. The number of amides is 1. The molecule has 2 rings (SSSR count). The summed E-state index contributed by atoms with van der Waals surface area (Å²) in [6, 6.07) is 4.58. The predicted octanol–water partition coefficient (Wildman–Crippen LogP) is 1.62. The second kappa shape index (κ2) is 7.65. The van der Waals surface area contributed by atoms with Gasteiger partial charge in [-0.3, -0.25) is 4.79 Å². The average Bonchev–Trinajstić information content (AvgIpc) is 2.97. The molecule has 1 aromatic carbocycles. The van der Waals surface area contributed by atoms with Crippen molar-refractivity contribution in [2.24, 2.45) is 0 Å². The summed E-state index contributed by atoms with van der Waals surface area (Å²) in [6.07, 6.45) is 1.09. The third-order valence-electron chi connectivity index (χ3n) is 3.11. The molecule has 1 heterocycles. The standard InChI is InChI=1S/C15H18FN3O3/c1-10-9-11(3-4-12(10)16)15-18-14(22-19-15)6-5-13(21)17-7-2-8-20/h3-4,9,20H,2,5-8H2,1H3,(H,17,21). The molecule has 0 saturated heterocycles. The van der Waals surface area contributed by atoms with Gasteiger partial charge in [0.25, 0.3) is 0 Å². The van der Waals surface area contributed by atoms with Crippen molar-refractivity contribution in [1.82, 2.24) is 15.5 Å². The average molecular weight is 307 g/mol. The highest BCUT2D eigenvalue weighted by molar-refractivity contribution is 5.75. The van der Waals surface area contributed by atoms with Gasteiger partial charge in [-0.05, 0) is 37.1 Å². The minimum absolute atomic E-state index is 0.0460. The molecule has 0 bridgehead atoms. The summed E-state index contributed by atoms with van der Waals surface area (Å²) < 4.78 is 18.3. The highest BCUT2D eigenvalue weighted by Crippen LogP contribution is 2.19. The molecular weight excluding hydrogens is 289 g/mol. The van der Waals surface area contributed by atoms with Crippen LogP contribution < -0.4 is 5.32 Å². The molecule has 118 valence electrons. The maximum absolute atomic E-state index is 13.2. The lowest BCUT2D eigenvalue weighted by molar-refractivity contribution is -0.121. The molecule has 22 heavy (non-hydrogen) atoms. The lowest BCUT2D eigenvalue weighted by Gasteiger charge is -2.01. The van der Waals surface area contributed by atoms with Crippen LogP contribution in [-0.2, 0) is 11.2 Å². The second-order valence-electron chi connectivity index (χ2n) is 4.90. The summed E-state index contributed by atoms with van der Waals surface area (Å²) in [7, 11) is 0. The van der Waals surface area contributed by atoms with E-state index in [0.29, 0.717) is 42.2 Å². The van der Waals surface area contributed by atoms with Gasteiger partial charge in [0.1, 0.15) is 5.82 Å². The topological polar surface area (TPSA) is 88.2 Å². The molecule has 2 N–H and O–H groups in total. The van der Waals surface area contributed by atoms with Crippen LogP contribution in [0.25, 0.3) is 11.4 Å². The number of aromatic nitrogens is 2. The summed E-state index contributed by atoms with van der Waals surface area (Å²) in [5.41, 5.74) is 1.17. The first kappa shape index (κ1) is 16.1. The number of hydrogen-bond donors (Lipinski definition) is 2. The number of aliphatic hydroxyl groups is 1. The number of nitrogens with one attached hydrogen (secondary N) is 1. The molecular formula is C15H18FN3O3. The van der Waals surface area contributed by atoms with Crippen LogP contribution in [-0.4, -0.2) is 34.3 Å². The van der Waals surface area contributed by atoms with Crippen molar-refractivity contribution >= 4 is 5.91 Å². The van der Waals surface area contributed by atoms with Gasteiger partial charge in [0.2, 0.25) is 17.6 Å². The van der Waals surface area contributed by atoms with Crippen LogP contribution in [0, 0.1) is 12.7 Å². The van der Waals surface area contributed by atoms with E-state index in [9.17, 15) is 9.18 Å². The number of carbonyl (C=O) groups excluding carboxylic acids is 1. The first-order chi connectivity index (χ1) is 10.6. The smallest absolute Gasteiger partial charge is 0.227 e. The normalized spacial score (nSPS) is 10.7. The highest BCUT2D eigenvalue weighted by atomic mass is 19.1. The quantitative estimate of drug-likeness (QED) is 0.759. The van der Waals surface area contributed by atoms with Gasteiger partial charge in [0.05, 0.1) is 0 Å². The fraction of sp³-hybridized carbons (Fsp3) is 0.400. The molecule has 0 fully saturated rings. The van der Waals surface area contributed by atoms with E-state index >= 15 is 0 Å². The van der Waals surface area contributed by atoms with E-state index in [1.807, 2.05) is 0 Å². The maximum Gasteiger partial charge on any atom is 0.227 e. The van der Waals surface area contributed by atoms with E-state index < -0.39 is 0 Å². The van der Waals surface area contributed by atoms with Crippen LogP contribution in [0.3, 0.4) is 0 Å². The van der Waals surface area contributed by atoms with E-state index in [2.05, 4.69) is 15.5 Å². The third kappa shape index (κ3) is 4.36. The molecule has 0 atom stereocenters. The van der Waals surface area contributed by atoms with Gasteiger partial charge < -0.3 is 14.9 Å². The van der Waals surface area contributed by atoms with Crippen LogP contribution >= 0.6 is 0 Å². The number of aryl methyl sites for hydroxylation is 2. The van der Waals surface area contributed by atoms with Crippen LogP contribution in [0.5, 0.6) is 0 Å². The molecule has 1 aromatic heterocycles. The van der Waals surface area contributed by atoms with E-state index in [0.717, 1.165) is 0 Å². The van der Waals surface area contributed by atoms with Crippen molar-refractivity contribution in [2.45, 2.75) is 26.2 Å². The van der Waals surface area contributed by atoms with E-state index in [4.69, 9.17) is 9.63 Å². The van der Waals surface area contributed by atoms with Crippen molar-refractivity contribution < 1.29 is 18.8 Å². The summed E-state index contributed by atoms with van der Waals surface area (Å²) in [5.74, 6) is 0.311. The lowest BCUT2D eigenvalue weighted by atomic mass is 10.1. The van der Waals surface area contributed by atoms with E-state index in [-0.39, 0.29) is 24.8 Å². The molecule has 7 heteroatoms. The Morgan fingerprint density at radius 1 is 1.45 bits per heavy atom. The molecule has 6 nitrogen and oxygen atoms in total. The van der Waals surface area contributed by atoms with Crippen molar-refractivity contribution in [3.05, 3.63) is 35.5 Å². The molecule has 1 amide bonds. The Labute approximate surface area is 127 Å². The highest BCUT2D eigenvalue weighted by Gasteiger charge is 2.11. The predicted molar refractivity (Wildman–Crippen MR) is 77.5 cm³/mol. The number of hydrogen-bond acceptors (Lipinski definition) is 5. The zero-order chi connectivity index (χ0) is 15.9. The molecule has 0 spiro atoms. The summed E-state index contributed by atoms with van der Waals surface area (Å²) in [4.78, 5) is 15.7. The minimum atomic E-state index is -0.285. The van der Waals surface area contributed by atoms with Crippen LogP contribution in [0.4, 0.5) is 4.39 Å². The summed E-state index contributed by atoms with van der Waals surface area (Å²) in [5, 5.41) is 15.1. The zero-order valence-electron chi connectivity index (χ0n) is 12.3. The number of benzene rings is 1. The van der Waals surface area contributed by atoms with E-state index in [1.165, 1.54) is 6.07 Å². The van der Waals surface area contributed by atoms with Gasteiger partial charge in [-0.1, -0.05) is 5.16 Å². The maximum atomic E-state index is 13.2. The SMILES string of the molecule is Cc1cc(-c2noc(CCC(=O)NCCCO)n2)ccc1F. The van der Waals surface area contributed by atoms with Crippen molar-refractivity contribution in [3.8, 4) is 11.4 Å². The minimum Gasteiger partial charge on any atom is -0.396 e. The van der Waals surface area contributed by atoms with Crippen LogP contribution in [0.1, 0.15) is 24.3 Å². The third-order valence-corrected chi connectivity index (χ3v) is 3.11. The van der Waals surface area contributed by atoms with Crippen LogP contribution in [0.15, 0.2) is 22.7 Å². The number of rotatable bonds is 7. The summed E-state index contributed by atoms with van der Waals surface area (Å²) in [6.45, 7) is 2.15. The molecule has 2 aromatic rings. The molecule has 0 aliphatic carbocycles. The monoisotopic (exact) mass is 307 g/mol. The van der Waals surface area contributed by atoms with E-state index in [1.54, 1.807) is 19.1 Å². The number of carbonyl (C=O) groups is 1. The Morgan fingerprint density at radius 3 is 3.00 bits per heavy atom.